The number of thiophene rings is 1. The summed E-state index contributed by atoms with van der Waals surface area (Å²) in [6, 6.07) is 8.01. The van der Waals surface area contributed by atoms with Crippen LogP contribution in [0.25, 0.3) is 0 Å². The van der Waals surface area contributed by atoms with Gasteiger partial charge in [-0.1, -0.05) is 18.2 Å². The smallest absolute Gasteiger partial charge is 0.315 e. The number of halogens is 2. The Morgan fingerprint density at radius 2 is 2.00 bits per heavy atom. The van der Waals surface area contributed by atoms with E-state index in [9.17, 15) is 9.18 Å². The van der Waals surface area contributed by atoms with Gasteiger partial charge < -0.3 is 10.6 Å². The van der Waals surface area contributed by atoms with Crippen LogP contribution in [-0.4, -0.2) is 6.03 Å². The molecule has 0 aliphatic carbocycles. The molecule has 0 radical (unpaired) electrons. The zero-order chi connectivity index (χ0) is 13.7. The van der Waals surface area contributed by atoms with Crippen LogP contribution in [0.5, 0.6) is 0 Å². The molecule has 0 saturated heterocycles. The molecule has 2 N–H and O–H groups in total. The van der Waals surface area contributed by atoms with E-state index in [0.29, 0.717) is 12.1 Å². The SMILES string of the molecule is O=C(NCc1cc(Br)cs1)NCc1ccccc1F. The predicted octanol–water partition coefficient (Wildman–Crippen LogP) is 3.65. The maximum Gasteiger partial charge on any atom is 0.315 e. The average molecular weight is 343 g/mol. The number of urea groups is 1. The molecule has 2 amide bonds. The summed E-state index contributed by atoms with van der Waals surface area (Å²) in [4.78, 5) is 12.6. The van der Waals surface area contributed by atoms with Gasteiger partial charge in [-0.25, -0.2) is 9.18 Å². The highest BCUT2D eigenvalue weighted by molar-refractivity contribution is 9.10. The first-order valence-electron chi connectivity index (χ1n) is 5.63. The Balaban J connectivity index is 1.77. The van der Waals surface area contributed by atoms with Crippen molar-refractivity contribution in [2.75, 3.05) is 0 Å². The van der Waals surface area contributed by atoms with Gasteiger partial charge in [0.1, 0.15) is 5.82 Å². The lowest BCUT2D eigenvalue weighted by Gasteiger charge is -2.07. The fourth-order valence-electron chi connectivity index (χ4n) is 1.49. The minimum Gasteiger partial charge on any atom is -0.334 e. The van der Waals surface area contributed by atoms with Crippen LogP contribution in [0.1, 0.15) is 10.4 Å². The van der Waals surface area contributed by atoms with Gasteiger partial charge in [0.05, 0.1) is 6.54 Å². The monoisotopic (exact) mass is 342 g/mol. The normalized spacial score (nSPS) is 10.2. The van der Waals surface area contributed by atoms with Crippen molar-refractivity contribution in [2.24, 2.45) is 0 Å². The van der Waals surface area contributed by atoms with Gasteiger partial charge in [0.15, 0.2) is 0 Å². The zero-order valence-electron chi connectivity index (χ0n) is 9.95. The molecule has 3 nitrogen and oxygen atoms in total. The molecule has 19 heavy (non-hydrogen) atoms. The van der Waals surface area contributed by atoms with Crippen molar-refractivity contribution >= 4 is 33.3 Å². The molecule has 0 spiro atoms. The third kappa shape index (κ3) is 4.33. The van der Waals surface area contributed by atoms with Crippen molar-refractivity contribution in [1.29, 1.82) is 0 Å². The molecule has 0 aliphatic heterocycles. The van der Waals surface area contributed by atoms with E-state index in [1.165, 1.54) is 6.07 Å². The van der Waals surface area contributed by atoms with E-state index in [0.717, 1.165) is 9.35 Å². The van der Waals surface area contributed by atoms with Gasteiger partial charge in [-0.3, -0.25) is 0 Å². The van der Waals surface area contributed by atoms with E-state index in [-0.39, 0.29) is 18.4 Å². The second kappa shape index (κ2) is 6.68. The summed E-state index contributed by atoms with van der Waals surface area (Å²) < 4.78 is 14.3. The molecule has 0 atom stereocenters. The lowest BCUT2D eigenvalue weighted by Crippen LogP contribution is -2.34. The molecule has 1 aromatic heterocycles. The largest absolute Gasteiger partial charge is 0.334 e. The van der Waals surface area contributed by atoms with Crippen molar-refractivity contribution < 1.29 is 9.18 Å². The summed E-state index contributed by atoms with van der Waals surface area (Å²) >= 11 is 4.91. The van der Waals surface area contributed by atoms with E-state index < -0.39 is 0 Å². The second-order valence-corrected chi connectivity index (χ2v) is 5.77. The second-order valence-electron chi connectivity index (χ2n) is 3.86. The van der Waals surface area contributed by atoms with Crippen LogP contribution in [0, 0.1) is 5.82 Å². The number of hydrogen-bond acceptors (Lipinski definition) is 2. The van der Waals surface area contributed by atoms with Gasteiger partial charge in [0.25, 0.3) is 0 Å². The molecule has 2 rings (SSSR count). The molecule has 2 aromatic rings. The molecule has 0 bridgehead atoms. The average Bonchev–Trinajstić information content (AvgIpc) is 2.81. The van der Waals surface area contributed by atoms with Crippen LogP contribution >= 0.6 is 27.3 Å². The van der Waals surface area contributed by atoms with E-state index >= 15 is 0 Å². The van der Waals surface area contributed by atoms with E-state index in [4.69, 9.17) is 0 Å². The van der Waals surface area contributed by atoms with E-state index in [2.05, 4.69) is 26.6 Å². The van der Waals surface area contributed by atoms with Gasteiger partial charge in [-0.2, -0.15) is 0 Å². The molecule has 0 saturated carbocycles. The number of carbonyl (C=O) groups is 1. The summed E-state index contributed by atoms with van der Waals surface area (Å²) in [5, 5.41) is 7.29. The highest BCUT2D eigenvalue weighted by Gasteiger charge is 2.04. The molecule has 1 aromatic carbocycles. The number of hydrogen-bond donors (Lipinski definition) is 2. The minimum atomic E-state index is -0.315. The first kappa shape index (κ1) is 14.0. The van der Waals surface area contributed by atoms with Crippen molar-refractivity contribution in [3.05, 3.63) is 56.4 Å². The Kier molecular flexibility index (Phi) is 4.93. The van der Waals surface area contributed by atoms with Crippen LogP contribution in [0.2, 0.25) is 0 Å². The van der Waals surface area contributed by atoms with Crippen molar-refractivity contribution in [1.82, 2.24) is 10.6 Å². The standard InChI is InChI=1S/C13H12BrFN2OS/c14-10-5-11(19-8-10)7-17-13(18)16-6-9-3-1-2-4-12(9)15/h1-5,8H,6-7H2,(H2,16,17,18). The summed E-state index contributed by atoms with van der Waals surface area (Å²) in [6.45, 7) is 0.631. The quantitative estimate of drug-likeness (QED) is 0.874. The van der Waals surface area contributed by atoms with Crippen LogP contribution < -0.4 is 10.6 Å². The van der Waals surface area contributed by atoms with Gasteiger partial charge >= 0.3 is 6.03 Å². The lowest BCUT2D eigenvalue weighted by atomic mass is 10.2. The van der Waals surface area contributed by atoms with E-state index in [1.807, 2.05) is 11.4 Å². The lowest BCUT2D eigenvalue weighted by molar-refractivity contribution is 0.240. The van der Waals surface area contributed by atoms with Gasteiger partial charge in [-0.05, 0) is 28.1 Å². The summed E-state index contributed by atoms with van der Waals surface area (Å²) in [7, 11) is 0. The third-order valence-electron chi connectivity index (χ3n) is 2.44. The first-order valence-corrected chi connectivity index (χ1v) is 7.30. The van der Waals surface area contributed by atoms with Crippen molar-refractivity contribution in [3.8, 4) is 0 Å². The third-order valence-corrected chi connectivity index (χ3v) is 4.14. The zero-order valence-corrected chi connectivity index (χ0v) is 12.4. The van der Waals surface area contributed by atoms with Gasteiger partial charge in [-0.15, -0.1) is 11.3 Å². The summed E-state index contributed by atoms with van der Waals surface area (Å²) in [5.41, 5.74) is 0.469. The van der Waals surface area contributed by atoms with Crippen molar-refractivity contribution in [2.45, 2.75) is 13.1 Å². The van der Waals surface area contributed by atoms with Crippen LogP contribution in [0.15, 0.2) is 40.2 Å². The Labute approximate surface area is 123 Å². The predicted molar refractivity (Wildman–Crippen MR) is 77.5 cm³/mol. The molecular formula is C13H12BrFN2OS. The Hall–Kier alpha value is -1.40. The van der Waals surface area contributed by atoms with Crippen molar-refractivity contribution in [3.63, 3.8) is 0 Å². The number of nitrogens with one attached hydrogen (secondary N) is 2. The molecule has 0 aliphatic rings. The summed E-state index contributed by atoms with van der Waals surface area (Å²) in [5.74, 6) is -0.315. The maximum atomic E-state index is 13.3. The highest BCUT2D eigenvalue weighted by atomic mass is 79.9. The number of amides is 2. The topological polar surface area (TPSA) is 41.1 Å². The first-order chi connectivity index (χ1) is 9.15. The fourth-order valence-corrected chi connectivity index (χ4v) is 2.88. The number of rotatable bonds is 4. The van der Waals surface area contributed by atoms with Gasteiger partial charge in [0.2, 0.25) is 0 Å². The Morgan fingerprint density at radius 1 is 1.26 bits per heavy atom. The molecule has 0 fully saturated rings. The molecule has 1 heterocycles. The fraction of sp³-hybridized carbons (Fsp3) is 0.154. The van der Waals surface area contributed by atoms with E-state index in [1.54, 1.807) is 29.5 Å². The summed E-state index contributed by atoms with van der Waals surface area (Å²) in [6.07, 6.45) is 0. The molecule has 6 heteroatoms. The molecule has 100 valence electrons. The minimum absolute atomic E-state index is 0.173. The Morgan fingerprint density at radius 3 is 2.68 bits per heavy atom. The Bertz CT molecular complexity index is 573. The number of carbonyl (C=O) groups excluding carboxylic acids is 1. The van der Waals surface area contributed by atoms with Crippen LogP contribution in [0.4, 0.5) is 9.18 Å². The number of benzene rings is 1. The van der Waals surface area contributed by atoms with Crippen LogP contribution in [-0.2, 0) is 13.1 Å². The highest BCUT2D eigenvalue weighted by Crippen LogP contribution is 2.19. The van der Waals surface area contributed by atoms with Crippen LogP contribution in [0.3, 0.4) is 0 Å². The maximum absolute atomic E-state index is 13.3. The van der Waals surface area contributed by atoms with Gasteiger partial charge in [0, 0.05) is 26.8 Å². The molecule has 0 unspecified atom stereocenters. The molecular weight excluding hydrogens is 331 g/mol.